The average molecular weight is 236 g/mol. The Hall–Kier alpha value is -0.930. The molecule has 2 nitrogen and oxygen atoms in total. The SMILES string of the molecule is CC1CCN([C@@H](CN)c2cccc(F)c2)CC1. The number of halogens is 1. The molecule has 0 spiro atoms. The summed E-state index contributed by atoms with van der Waals surface area (Å²) in [6.45, 7) is 4.98. The molecule has 17 heavy (non-hydrogen) atoms. The van der Waals surface area contributed by atoms with Crippen molar-refractivity contribution >= 4 is 0 Å². The zero-order valence-corrected chi connectivity index (χ0v) is 10.4. The molecule has 1 aromatic rings. The van der Waals surface area contributed by atoms with Crippen LogP contribution in [0.2, 0.25) is 0 Å². The Balaban J connectivity index is 2.10. The van der Waals surface area contributed by atoms with E-state index < -0.39 is 0 Å². The van der Waals surface area contributed by atoms with Gasteiger partial charge in [-0.05, 0) is 49.5 Å². The van der Waals surface area contributed by atoms with Gasteiger partial charge < -0.3 is 5.73 Å². The number of rotatable bonds is 3. The number of hydrogen-bond acceptors (Lipinski definition) is 2. The van der Waals surface area contributed by atoms with Crippen LogP contribution < -0.4 is 5.73 Å². The lowest BCUT2D eigenvalue weighted by Crippen LogP contribution is -2.39. The van der Waals surface area contributed by atoms with Crippen LogP contribution in [0.4, 0.5) is 4.39 Å². The molecule has 0 aromatic heterocycles. The summed E-state index contributed by atoms with van der Waals surface area (Å²) in [7, 11) is 0. The number of nitrogens with zero attached hydrogens (tertiary/aromatic N) is 1. The van der Waals surface area contributed by atoms with Crippen LogP contribution in [0.15, 0.2) is 24.3 Å². The first-order valence-corrected chi connectivity index (χ1v) is 6.40. The standard InChI is InChI=1S/C14H21FN2/c1-11-5-7-17(8-6-11)14(10-16)12-3-2-4-13(15)9-12/h2-4,9,11,14H,5-8,10,16H2,1H3/t14-/m0/s1. The predicted molar refractivity (Wildman–Crippen MR) is 68.2 cm³/mol. The molecule has 1 aliphatic heterocycles. The molecule has 1 heterocycles. The smallest absolute Gasteiger partial charge is 0.123 e. The van der Waals surface area contributed by atoms with Gasteiger partial charge in [0.15, 0.2) is 0 Å². The van der Waals surface area contributed by atoms with Crippen molar-refractivity contribution in [2.75, 3.05) is 19.6 Å². The molecule has 94 valence electrons. The summed E-state index contributed by atoms with van der Waals surface area (Å²) in [5.41, 5.74) is 6.86. The number of piperidine rings is 1. The summed E-state index contributed by atoms with van der Waals surface area (Å²) in [5.74, 6) is 0.628. The Morgan fingerprint density at radius 3 is 2.71 bits per heavy atom. The van der Waals surface area contributed by atoms with Crippen LogP contribution in [0.5, 0.6) is 0 Å². The van der Waals surface area contributed by atoms with Crippen LogP contribution in [-0.4, -0.2) is 24.5 Å². The lowest BCUT2D eigenvalue weighted by Gasteiger charge is -2.36. The molecular formula is C14H21FN2. The van der Waals surface area contributed by atoms with E-state index >= 15 is 0 Å². The van der Waals surface area contributed by atoms with Crippen molar-refractivity contribution in [3.8, 4) is 0 Å². The number of nitrogens with two attached hydrogens (primary N) is 1. The van der Waals surface area contributed by atoms with Crippen LogP contribution in [0.25, 0.3) is 0 Å². The van der Waals surface area contributed by atoms with Crippen LogP contribution in [-0.2, 0) is 0 Å². The van der Waals surface area contributed by atoms with Crippen molar-refractivity contribution < 1.29 is 4.39 Å². The maximum atomic E-state index is 13.2. The highest BCUT2D eigenvalue weighted by Crippen LogP contribution is 2.26. The molecule has 1 atom stereocenters. The molecule has 1 aliphatic rings. The average Bonchev–Trinajstić information content (AvgIpc) is 2.33. The topological polar surface area (TPSA) is 29.3 Å². The van der Waals surface area contributed by atoms with Gasteiger partial charge in [-0.15, -0.1) is 0 Å². The maximum Gasteiger partial charge on any atom is 0.123 e. The van der Waals surface area contributed by atoms with E-state index in [1.807, 2.05) is 6.07 Å². The molecule has 1 aromatic carbocycles. The highest BCUT2D eigenvalue weighted by atomic mass is 19.1. The van der Waals surface area contributed by atoms with Crippen LogP contribution in [0.3, 0.4) is 0 Å². The van der Waals surface area contributed by atoms with Gasteiger partial charge in [0.05, 0.1) is 0 Å². The second-order valence-electron chi connectivity index (χ2n) is 5.02. The number of benzene rings is 1. The van der Waals surface area contributed by atoms with Gasteiger partial charge in [0.25, 0.3) is 0 Å². The molecule has 0 amide bonds. The highest BCUT2D eigenvalue weighted by molar-refractivity contribution is 5.20. The number of hydrogen-bond donors (Lipinski definition) is 1. The minimum absolute atomic E-state index is 0.165. The zero-order chi connectivity index (χ0) is 12.3. The van der Waals surface area contributed by atoms with Crippen molar-refractivity contribution in [3.63, 3.8) is 0 Å². The lowest BCUT2D eigenvalue weighted by atomic mass is 9.96. The van der Waals surface area contributed by atoms with Crippen molar-refractivity contribution in [1.29, 1.82) is 0 Å². The third-order valence-electron chi connectivity index (χ3n) is 3.72. The van der Waals surface area contributed by atoms with Crippen molar-refractivity contribution in [1.82, 2.24) is 4.90 Å². The molecule has 3 heteroatoms. The quantitative estimate of drug-likeness (QED) is 0.874. The summed E-state index contributed by atoms with van der Waals surface area (Å²) in [4.78, 5) is 2.38. The van der Waals surface area contributed by atoms with Crippen LogP contribution >= 0.6 is 0 Å². The van der Waals surface area contributed by atoms with Crippen molar-refractivity contribution in [2.45, 2.75) is 25.8 Å². The predicted octanol–water partition coefficient (Wildman–Crippen LogP) is 2.56. The summed E-state index contributed by atoms with van der Waals surface area (Å²) in [5, 5.41) is 0. The monoisotopic (exact) mass is 236 g/mol. The first kappa shape index (κ1) is 12.5. The maximum absolute atomic E-state index is 13.2. The summed E-state index contributed by atoms with van der Waals surface area (Å²) >= 11 is 0. The van der Waals surface area contributed by atoms with E-state index in [0.29, 0.717) is 6.54 Å². The Morgan fingerprint density at radius 1 is 1.41 bits per heavy atom. The molecule has 0 bridgehead atoms. The third-order valence-corrected chi connectivity index (χ3v) is 3.72. The molecule has 0 unspecified atom stereocenters. The van der Waals surface area contributed by atoms with Gasteiger partial charge in [0, 0.05) is 12.6 Å². The second-order valence-corrected chi connectivity index (χ2v) is 5.02. The molecule has 2 rings (SSSR count). The molecular weight excluding hydrogens is 215 g/mol. The summed E-state index contributed by atoms with van der Waals surface area (Å²) in [6, 6.07) is 6.99. The summed E-state index contributed by atoms with van der Waals surface area (Å²) < 4.78 is 13.2. The highest BCUT2D eigenvalue weighted by Gasteiger charge is 2.23. The van der Waals surface area contributed by atoms with Crippen molar-refractivity contribution in [2.24, 2.45) is 11.7 Å². The van der Waals surface area contributed by atoms with Gasteiger partial charge in [0.1, 0.15) is 5.82 Å². The minimum atomic E-state index is -0.175. The Labute approximate surface area is 103 Å². The van der Waals surface area contributed by atoms with Crippen LogP contribution in [0.1, 0.15) is 31.4 Å². The van der Waals surface area contributed by atoms with E-state index in [9.17, 15) is 4.39 Å². The lowest BCUT2D eigenvalue weighted by molar-refractivity contribution is 0.141. The van der Waals surface area contributed by atoms with Crippen molar-refractivity contribution in [3.05, 3.63) is 35.6 Å². The van der Waals surface area contributed by atoms with Gasteiger partial charge in [0.2, 0.25) is 0 Å². The van der Waals surface area contributed by atoms with E-state index in [4.69, 9.17) is 5.73 Å². The second kappa shape index (κ2) is 5.61. The Kier molecular flexibility index (Phi) is 4.13. The molecule has 2 N–H and O–H groups in total. The first-order valence-electron chi connectivity index (χ1n) is 6.40. The normalized spacial score (nSPS) is 20.4. The minimum Gasteiger partial charge on any atom is -0.329 e. The fourth-order valence-electron chi connectivity index (χ4n) is 2.55. The van der Waals surface area contributed by atoms with E-state index in [-0.39, 0.29) is 11.9 Å². The summed E-state index contributed by atoms with van der Waals surface area (Å²) in [6.07, 6.45) is 2.43. The van der Waals surface area contributed by atoms with Gasteiger partial charge >= 0.3 is 0 Å². The van der Waals surface area contributed by atoms with Gasteiger partial charge in [-0.25, -0.2) is 4.39 Å². The fraction of sp³-hybridized carbons (Fsp3) is 0.571. The fourth-order valence-corrected chi connectivity index (χ4v) is 2.55. The first-order chi connectivity index (χ1) is 8.20. The zero-order valence-electron chi connectivity index (χ0n) is 10.4. The van der Waals surface area contributed by atoms with Gasteiger partial charge in [-0.2, -0.15) is 0 Å². The third kappa shape index (κ3) is 3.05. The molecule has 1 saturated heterocycles. The largest absolute Gasteiger partial charge is 0.329 e. The van der Waals surface area contributed by atoms with E-state index in [1.54, 1.807) is 12.1 Å². The molecule has 0 saturated carbocycles. The van der Waals surface area contributed by atoms with E-state index in [2.05, 4.69) is 11.8 Å². The molecule has 0 aliphatic carbocycles. The Bertz CT molecular complexity index is 359. The Morgan fingerprint density at radius 2 is 2.12 bits per heavy atom. The van der Waals surface area contributed by atoms with Gasteiger partial charge in [-0.3, -0.25) is 4.90 Å². The number of likely N-dealkylation sites (tertiary alicyclic amines) is 1. The van der Waals surface area contributed by atoms with Gasteiger partial charge in [-0.1, -0.05) is 19.1 Å². The van der Waals surface area contributed by atoms with E-state index in [0.717, 1.165) is 24.6 Å². The van der Waals surface area contributed by atoms with Crippen LogP contribution in [0, 0.1) is 11.7 Å². The molecule has 0 radical (unpaired) electrons. The van der Waals surface area contributed by atoms with E-state index in [1.165, 1.54) is 18.9 Å². The molecule has 1 fully saturated rings.